The van der Waals surface area contributed by atoms with Crippen molar-refractivity contribution < 1.29 is 23.6 Å². The molecular formula is C27H33N2O4S+. The Kier molecular flexibility index (Phi) is 7.93. The number of thioether (sulfide) groups is 1. The van der Waals surface area contributed by atoms with Gasteiger partial charge in [0.1, 0.15) is 17.2 Å². The quantitative estimate of drug-likeness (QED) is 0.368. The largest absolute Gasteiger partial charge is 0.493 e. The van der Waals surface area contributed by atoms with Crippen LogP contribution >= 0.6 is 11.8 Å². The van der Waals surface area contributed by atoms with Gasteiger partial charge in [-0.25, -0.2) is 4.79 Å². The molecule has 7 heteroatoms. The molecule has 1 aliphatic heterocycles. The van der Waals surface area contributed by atoms with Crippen molar-refractivity contribution in [2.24, 2.45) is 0 Å². The fourth-order valence-electron chi connectivity index (χ4n) is 4.57. The molecule has 1 unspecified atom stereocenters. The lowest BCUT2D eigenvalue weighted by Crippen LogP contribution is -2.39. The van der Waals surface area contributed by atoms with Crippen LogP contribution in [0.5, 0.6) is 11.5 Å². The molecule has 1 atom stereocenters. The molecule has 1 fully saturated rings. The van der Waals surface area contributed by atoms with Crippen molar-refractivity contribution in [3.63, 3.8) is 0 Å². The number of rotatable bonds is 6. The summed E-state index contributed by atoms with van der Waals surface area (Å²) in [5.41, 5.74) is 2.32. The minimum atomic E-state index is -0.0841. The molecule has 2 aliphatic carbocycles. The Balaban J connectivity index is 1.53. The number of carbonyl (C=O) groups excluding carboxylic acids is 2. The third-order valence-electron chi connectivity index (χ3n) is 6.44. The molecule has 0 spiro atoms. The van der Waals surface area contributed by atoms with Gasteiger partial charge in [0.05, 0.1) is 13.7 Å². The first kappa shape index (κ1) is 24.3. The highest BCUT2D eigenvalue weighted by atomic mass is 32.2. The summed E-state index contributed by atoms with van der Waals surface area (Å²) in [7, 11) is 3.38. The van der Waals surface area contributed by atoms with E-state index in [1.165, 1.54) is 37.4 Å². The van der Waals surface area contributed by atoms with E-state index in [4.69, 9.17) is 9.47 Å². The molecule has 6 nitrogen and oxygen atoms in total. The van der Waals surface area contributed by atoms with Crippen molar-refractivity contribution >= 4 is 35.4 Å². The number of nitrogens with one attached hydrogen (secondary N) is 1. The molecule has 0 aromatic heterocycles. The average molecular weight is 482 g/mol. The summed E-state index contributed by atoms with van der Waals surface area (Å²) >= 11 is 1.50. The second kappa shape index (κ2) is 11.1. The fourth-order valence-corrected chi connectivity index (χ4v) is 5.79. The first-order chi connectivity index (χ1) is 16.5. The topological polar surface area (TPSA) is 67.6 Å². The minimum absolute atomic E-state index is 0.0204. The molecule has 0 radical (unpaired) electrons. The number of carbonyl (C=O) groups is 2. The minimum Gasteiger partial charge on any atom is -0.493 e. The lowest BCUT2D eigenvalue weighted by molar-refractivity contribution is -0.413. The van der Waals surface area contributed by atoms with E-state index in [2.05, 4.69) is 5.32 Å². The van der Waals surface area contributed by atoms with E-state index >= 15 is 0 Å². The molecule has 1 N–H and O–H groups in total. The van der Waals surface area contributed by atoms with Crippen LogP contribution in [-0.2, 0) is 9.59 Å². The summed E-state index contributed by atoms with van der Waals surface area (Å²) in [4.78, 5) is 26.7. The Hall–Kier alpha value is -2.80. The standard InChI is InChI=1S/C27H32N2O4S/c1-4-33-22-13-11-18(15-23(22)32-3)16-25-27(31)29(2)21-17-19(12-14-24(21)34-25)26(30)28-20-9-7-5-6-8-10-20/h11-17,20,24H,4-10H2,1-3H3/p+1/b25-16+. The van der Waals surface area contributed by atoms with Crippen LogP contribution in [-0.4, -0.2) is 54.2 Å². The number of allylic oxidation sites excluding steroid dienone is 1. The zero-order chi connectivity index (χ0) is 24.1. The van der Waals surface area contributed by atoms with Gasteiger partial charge in [-0.15, -0.1) is 0 Å². The van der Waals surface area contributed by atoms with Crippen molar-refractivity contribution in [2.45, 2.75) is 56.7 Å². The highest BCUT2D eigenvalue weighted by molar-refractivity contribution is 8.05. The monoisotopic (exact) mass is 481 g/mol. The van der Waals surface area contributed by atoms with Crippen molar-refractivity contribution in [1.82, 2.24) is 5.32 Å². The number of likely N-dealkylation sites (N-methyl/N-ethyl adjacent to an activating group) is 1. The summed E-state index contributed by atoms with van der Waals surface area (Å²) < 4.78 is 12.7. The maximum absolute atomic E-state index is 13.1. The normalized spacial score (nSPS) is 22.2. The van der Waals surface area contributed by atoms with Gasteiger partial charge in [0, 0.05) is 17.7 Å². The summed E-state index contributed by atoms with van der Waals surface area (Å²) in [6, 6.07) is 5.89. The van der Waals surface area contributed by atoms with Crippen LogP contribution < -0.4 is 14.8 Å². The van der Waals surface area contributed by atoms with E-state index in [-0.39, 0.29) is 23.1 Å². The molecule has 1 saturated carbocycles. The van der Waals surface area contributed by atoms with Crippen LogP contribution in [0.15, 0.2) is 46.9 Å². The molecular weight excluding hydrogens is 448 g/mol. The lowest BCUT2D eigenvalue weighted by atomic mass is 10.0. The molecule has 34 heavy (non-hydrogen) atoms. The SMILES string of the molecule is CCOc1ccc(/C=C2/SC3C=CC(C(=O)NC4CCCCCC4)=CC3=[N+](C)C2=O)cc1OC. The average Bonchev–Trinajstić information content (AvgIpc) is 3.12. The molecule has 3 aliphatic rings. The molecule has 1 heterocycles. The molecule has 2 amide bonds. The van der Waals surface area contributed by atoms with Gasteiger partial charge in [0.2, 0.25) is 5.71 Å². The fraction of sp³-hybridized carbons (Fsp3) is 0.444. The third kappa shape index (κ3) is 5.46. The van der Waals surface area contributed by atoms with Crippen LogP contribution in [0.1, 0.15) is 51.0 Å². The Morgan fingerprint density at radius 3 is 2.68 bits per heavy atom. The second-order valence-corrected chi connectivity index (χ2v) is 9.98. The van der Waals surface area contributed by atoms with E-state index in [1.807, 2.05) is 49.4 Å². The van der Waals surface area contributed by atoms with Crippen LogP contribution in [0, 0.1) is 0 Å². The van der Waals surface area contributed by atoms with Gasteiger partial charge in [-0.1, -0.05) is 55.7 Å². The van der Waals surface area contributed by atoms with Gasteiger partial charge in [-0.3, -0.25) is 4.79 Å². The number of hydrogen-bond acceptors (Lipinski definition) is 5. The van der Waals surface area contributed by atoms with Crippen molar-refractivity contribution in [1.29, 1.82) is 0 Å². The Morgan fingerprint density at radius 1 is 1.21 bits per heavy atom. The number of fused-ring (bicyclic) bond motifs is 1. The zero-order valence-electron chi connectivity index (χ0n) is 20.1. The van der Waals surface area contributed by atoms with E-state index < -0.39 is 0 Å². The Bertz CT molecular complexity index is 1080. The number of amides is 2. The maximum Gasteiger partial charge on any atom is 0.425 e. The van der Waals surface area contributed by atoms with Crippen molar-refractivity contribution in [3.05, 3.63) is 52.5 Å². The van der Waals surface area contributed by atoms with Crippen LogP contribution in [0.3, 0.4) is 0 Å². The van der Waals surface area contributed by atoms with E-state index in [1.54, 1.807) is 18.7 Å². The highest BCUT2D eigenvalue weighted by Crippen LogP contribution is 2.35. The van der Waals surface area contributed by atoms with Crippen LogP contribution in [0.25, 0.3) is 6.08 Å². The number of hydrogen-bond donors (Lipinski definition) is 1. The molecule has 1 aromatic rings. The molecule has 0 bridgehead atoms. The van der Waals surface area contributed by atoms with Gasteiger partial charge in [0.25, 0.3) is 5.91 Å². The number of benzene rings is 1. The molecule has 1 aromatic carbocycles. The number of nitrogens with zero attached hydrogens (tertiary/aromatic N) is 1. The van der Waals surface area contributed by atoms with E-state index in [0.29, 0.717) is 28.6 Å². The number of methoxy groups -OCH3 is 1. The van der Waals surface area contributed by atoms with E-state index in [0.717, 1.165) is 24.1 Å². The highest BCUT2D eigenvalue weighted by Gasteiger charge is 2.38. The third-order valence-corrected chi connectivity index (χ3v) is 7.64. The maximum atomic E-state index is 13.1. The Labute approximate surface area is 205 Å². The first-order valence-electron chi connectivity index (χ1n) is 12.0. The van der Waals surface area contributed by atoms with Gasteiger partial charge in [-0.05, 0) is 43.5 Å². The smallest absolute Gasteiger partial charge is 0.425 e. The van der Waals surface area contributed by atoms with E-state index in [9.17, 15) is 9.59 Å². The van der Waals surface area contributed by atoms with Crippen LogP contribution in [0.4, 0.5) is 0 Å². The van der Waals surface area contributed by atoms with Gasteiger partial charge in [-0.2, -0.15) is 4.58 Å². The van der Waals surface area contributed by atoms with Crippen molar-refractivity contribution in [3.8, 4) is 11.5 Å². The Morgan fingerprint density at radius 2 is 1.97 bits per heavy atom. The van der Waals surface area contributed by atoms with Crippen molar-refractivity contribution in [2.75, 3.05) is 20.8 Å². The summed E-state index contributed by atoms with van der Waals surface area (Å²) in [5, 5.41) is 3.18. The first-order valence-corrected chi connectivity index (χ1v) is 12.9. The summed E-state index contributed by atoms with van der Waals surface area (Å²) in [5.74, 6) is 1.18. The summed E-state index contributed by atoms with van der Waals surface area (Å²) in [6.45, 7) is 2.48. The summed E-state index contributed by atoms with van der Waals surface area (Å²) in [6.07, 6.45) is 14.6. The van der Waals surface area contributed by atoms with Gasteiger partial charge >= 0.3 is 5.91 Å². The molecule has 4 rings (SSSR count). The zero-order valence-corrected chi connectivity index (χ0v) is 21.0. The number of ether oxygens (including phenoxy) is 2. The molecule has 180 valence electrons. The van der Waals surface area contributed by atoms with Crippen LogP contribution in [0.2, 0.25) is 0 Å². The lowest BCUT2D eigenvalue weighted by Gasteiger charge is -2.22. The second-order valence-electron chi connectivity index (χ2n) is 8.80. The molecule has 0 saturated heterocycles. The van der Waals surface area contributed by atoms with Gasteiger partial charge < -0.3 is 14.8 Å². The van der Waals surface area contributed by atoms with Gasteiger partial charge in [0.15, 0.2) is 11.5 Å². The predicted molar refractivity (Wildman–Crippen MR) is 137 cm³/mol. The predicted octanol–water partition coefficient (Wildman–Crippen LogP) is 4.50.